The Kier molecular flexibility index (Phi) is 3.91. The number of hydrogen-bond donors (Lipinski definition) is 1. The van der Waals surface area contributed by atoms with Gasteiger partial charge >= 0.3 is 5.97 Å². The molecule has 0 aliphatic heterocycles. The first-order valence-corrected chi connectivity index (χ1v) is 7.27. The van der Waals surface area contributed by atoms with Gasteiger partial charge in [-0.2, -0.15) is 0 Å². The van der Waals surface area contributed by atoms with E-state index in [2.05, 4.69) is 0 Å². The Balaban J connectivity index is 1.84. The highest BCUT2D eigenvalue weighted by atomic mass is 16.5. The quantitative estimate of drug-likeness (QED) is 0.928. The van der Waals surface area contributed by atoms with Crippen LogP contribution in [0, 0.1) is 0 Å². The molecule has 0 amide bonds. The second-order valence-electron chi connectivity index (χ2n) is 5.38. The van der Waals surface area contributed by atoms with Crippen LogP contribution in [-0.2, 0) is 17.8 Å². The first-order valence-electron chi connectivity index (χ1n) is 7.27. The van der Waals surface area contributed by atoms with Gasteiger partial charge in [-0.15, -0.1) is 0 Å². The third-order valence-electron chi connectivity index (χ3n) is 4.00. The second kappa shape index (κ2) is 6.00. The summed E-state index contributed by atoms with van der Waals surface area (Å²) in [4.78, 5) is 11.4. The van der Waals surface area contributed by atoms with Crippen LogP contribution in [0.25, 0.3) is 0 Å². The number of benzene rings is 2. The normalized spacial score (nSPS) is 17.0. The van der Waals surface area contributed by atoms with E-state index >= 15 is 0 Å². The summed E-state index contributed by atoms with van der Waals surface area (Å²) < 4.78 is 5.93. The Bertz CT molecular complexity index is 634. The summed E-state index contributed by atoms with van der Waals surface area (Å²) >= 11 is 0. The standard InChI is InChI=1S/C18H18O3/c19-18(20)16-10-4-9-15-14(16)8-5-11-17(15)21-12-13-6-2-1-3-7-13/h1-3,5-8,11,16H,4,9-10,12H2,(H,19,20). The molecule has 0 fully saturated rings. The molecule has 0 bridgehead atoms. The molecule has 1 atom stereocenters. The predicted molar refractivity (Wildman–Crippen MR) is 80.5 cm³/mol. The molecule has 1 aliphatic rings. The average Bonchev–Trinajstić information content (AvgIpc) is 2.53. The van der Waals surface area contributed by atoms with Crippen molar-refractivity contribution in [3.05, 3.63) is 65.2 Å². The molecule has 2 aromatic rings. The highest BCUT2D eigenvalue weighted by molar-refractivity contribution is 5.77. The van der Waals surface area contributed by atoms with E-state index in [1.165, 1.54) is 0 Å². The Morgan fingerprint density at radius 3 is 2.71 bits per heavy atom. The van der Waals surface area contributed by atoms with Gasteiger partial charge in [0.25, 0.3) is 0 Å². The van der Waals surface area contributed by atoms with Crippen LogP contribution in [0.4, 0.5) is 0 Å². The highest BCUT2D eigenvalue weighted by Crippen LogP contribution is 2.37. The Hall–Kier alpha value is -2.29. The van der Waals surface area contributed by atoms with Crippen LogP contribution in [0.2, 0.25) is 0 Å². The lowest BCUT2D eigenvalue weighted by Gasteiger charge is -2.24. The minimum atomic E-state index is -0.740. The van der Waals surface area contributed by atoms with Crippen molar-refractivity contribution in [2.75, 3.05) is 0 Å². The van der Waals surface area contributed by atoms with Crippen molar-refractivity contribution in [2.45, 2.75) is 31.8 Å². The van der Waals surface area contributed by atoms with Gasteiger partial charge in [-0.1, -0.05) is 42.5 Å². The number of fused-ring (bicyclic) bond motifs is 1. The Morgan fingerprint density at radius 2 is 1.95 bits per heavy atom. The van der Waals surface area contributed by atoms with Gasteiger partial charge in [0.1, 0.15) is 12.4 Å². The lowest BCUT2D eigenvalue weighted by Crippen LogP contribution is -2.18. The van der Waals surface area contributed by atoms with Crippen LogP contribution in [0.3, 0.4) is 0 Å². The van der Waals surface area contributed by atoms with Crippen LogP contribution in [0.1, 0.15) is 35.4 Å². The lowest BCUT2D eigenvalue weighted by molar-refractivity contribution is -0.139. The molecule has 0 heterocycles. The molecule has 1 unspecified atom stereocenters. The summed E-state index contributed by atoms with van der Waals surface area (Å²) in [5.74, 6) is -0.313. The van der Waals surface area contributed by atoms with Crippen molar-refractivity contribution in [3.8, 4) is 5.75 Å². The molecule has 2 aromatic carbocycles. The lowest BCUT2D eigenvalue weighted by atomic mass is 9.82. The maximum atomic E-state index is 11.4. The van der Waals surface area contributed by atoms with Gasteiger partial charge in [0, 0.05) is 0 Å². The monoisotopic (exact) mass is 282 g/mol. The van der Waals surface area contributed by atoms with Gasteiger partial charge in [-0.05, 0) is 42.0 Å². The van der Waals surface area contributed by atoms with E-state index in [1.54, 1.807) is 0 Å². The molecule has 0 radical (unpaired) electrons. The third-order valence-corrected chi connectivity index (χ3v) is 4.00. The van der Waals surface area contributed by atoms with Gasteiger partial charge in [0.05, 0.1) is 5.92 Å². The zero-order valence-corrected chi connectivity index (χ0v) is 11.8. The molecular weight excluding hydrogens is 264 g/mol. The average molecular weight is 282 g/mol. The number of carboxylic acid groups (broad SMARTS) is 1. The van der Waals surface area contributed by atoms with Crippen LogP contribution in [-0.4, -0.2) is 11.1 Å². The van der Waals surface area contributed by atoms with Gasteiger partial charge in [-0.25, -0.2) is 0 Å². The minimum Gasteiger partial charge on any atom is -0.489 e. The van der Waals surface area contributed by atoms with E-state index in [9.17, 15) is 9.90 Å². The molecule has 3 heteroatoms. The largest absolute Gasteiger partial charge is 0.489 e. The molecular formula is C18H18O3. The number of rotatable bonds is 4. The van der Waals surface area contributed by atoms with E-state index in [-0.39, 0.29) is 0 Å². The Labute approximate surface area is 124 Å². The van der Waals surface area contributed by atoms with Crippen LogP contribution in [0.5, 0.6) is 5.75 Å². The number of ether oxygens (including phenoxy) is 1. The van der Waals surface area contributed by atoms with Gasteiger partial charge in [0.2, 0.25) is 0 Å². The van der Waals surface area contributed by atoms with Crippen LogP contribution in [0.15, 0.2) is 48.5 Å². The van der Waals surface area contributed by atoms with Gasteiger partial charge < -0.3 is 9.84 Å². The van der Waals surface area contributed by atoms with Crippen molar-refractivity contribution in [2.24, 2.45) is 0 Å². The van der Waals surface area contributed by atoms with Crippen molar-refractivity contribution in [1.82, 2.24) is 0 Å². The molecule has 0 saturated heterocycles. The van der Waals surface area contributed by atoms with Crippen LogP contribution >= 0.6 is 0 Å². The summed E-state index contributed by atoms with van der Waals surface area (Å²) in [6.45, 7) is 0.509. The van der Waals surface area contributed by atoms with Crippen molar-refractivity contribution in [1.29, 1.82) is 0 Å². The molecule has 1 aliphatic carbocycles. The molecule has 3 rings (SSSR count). The van der Waals surface area contributed by atoms with E-state index in [0.29, 0.717) is 13.0 Å². The van der Waals surface area contributed by atoms with E-state index in [0.717, 1.165) is 35.3 Å². The maximum Gasteiger partial charge on any atom is 0.310 e. The maximum absolute atomic E-state index is 11.4. The van der Waals surface area contributed by atoms with Crippen molar-refractivity contribution < 1.29 is 14.6 Å². The van der Waals surface area contributed by atoms with Crippen molar-refractivity contribution >= 4 is 5.97 Å². The first kappa shape index (κ1) is 13.7. The first-order chi connectivity index (χ1) is 10.3. The molecule has 0 spiro atoms. The predicted octanol–water partition coefficient (Wildman–Crippen LogP) is 3.77. The summed E-state index contributed by atoms with van der Waals surface area (Å²) in [6.07, 6.45) is 2.50. The van der Waals surface area contributed by atoms with E-state index < -0.39 is 11.9 Å². The molecule has 1 N–H and O–H groups in total. The fourth-order valence-electron chi connectivity index (χ4n) is 2.94. The number of aliphatic carboxylic acids is 1. The van der Waals surface area contributed by atoms with Crippen molar-refractivity contribution in [3.63, 3.8) is 0 Å². The Morgan fingerprint density at radius 1 is 1.14 bits per heavy atom. The fraction of sp³-hybridized carbons (Fsp3) is 0.278. The molecule has 0 saturated carbocycles. The molecule has 108 valence electrons. The zero-order chi connectivity index (χ0) is 14.7. The molecule has 3 nitrogen and oxygen atoms in total. The second-order valence-corrected chi connectivity index (χ2v) is 5.38. The number of carboxylic acids is 1. The zero-order valence-electron chi connectivity index (χ0n) is 11.8. The highest BCUT2D eigenvalue weighted by Gasteiger charge is 2.27. The summed E-state index contributed by atoms with van der Waals surface area (Å²) in [7, 11) is 0. The van der Waals surface area contributed by atoms with Gasteiger partial charge in [-0.3, -0.25) is 4.79 Å². The summed E-state index contributed by atoms with van der Waals surface area (Å²) in [5.41, 5.74) is 3.09. The van der Waals surface area contributed by atoms with Crippen LogP contribution < -0.4 is 4.74 Å². The summed E-state index contributed by atoms with van der Waals surface area (Å²) in [5, 5.41) is 9.34. The third kappa shape index (κ3) is 2.92. The summed E-state index contributed by atoms with van der Waals surface area (Å²) in [6, 6.07) is 15.7. The van der Waals surface area contributed by atoms with Gasteiger partial charge in [0.15, 0.2) is 0 Å². The number of hydrogen-bond acceptors (Lipinski definition) is 2. The minimum absolute atomic E-state index is 0.394. The van der Waals surface area contributed by atoms with E-state index in [1.807, 2.05) is 48.5 Å². The number of carbonyl (C=O) groups is 1. The molecule has 0 aromatic heterocycles. The smallest absolute Gasteiger partial charge is 0.310 e. The topological polar surface area (TPSA) is 46.5 Å². The molecule has 21 heavy (non-hydrogen) atoms. The SMILES string of the molecule is O=C(O)C1CCCc2c(OCc3ccccc3)cccc21. The van der Waals surface area contributed by atoms with E-state index in [4.69, 9.17) is 4.74 Å². The fourth-order valence-corrected chi connectivity index (χ4v) is 2.94.